The van der Waals surface area contributed by atoms with Crippen LogP contribution in [0.5, 0.6) is 5.75 Å². The number of ether oxygens (including phenoxy) is 1. The number of aromatic nitrogens is 2. The van der Waals surface area contributed by atoms with Crippen LogP contribution in [-0.2, 0) is 0 Å². The number of nitrogens with one attached hydrogen (secondary N) is 1. The maximum absolute atomic E-state index is 12.7. The Balaban J connectivity index is 1.83. The van der Waals surface area contributed by atoms with Crippen LogP contribution < -0.4 is 10.2 Å². The van der Waals surface area contributed by atoms with Gasteiger partial charge in [-0.05, 0) is 30.2 Å². The van der Waals surface area contributed by atoms with Crippen molar-refractivity contribution in [3.8, 4) is 34.2 Å². The van der Waals surface area contributed by atoms with Crippen LogP contribution >= 0.6 is 0 Å². The van der Waals surface area contributed by atoms with Gasteiger partial charge in [-0.1, -0.05) is 42.5 Å². The molecule has 5 heteroatoms. The van der Waals surface area contributed by atoms with Crippen molar-refractivity contribution in [1.82, 2.24) is 9.97 Å². The van der Waals surface area contributed by atoms with Gasteiger partial charge in [-0.2, -0.15) is 5.26 Å². The van der Waals surface area contributed by atoms with Crippen molar-refractivity contribution in [2.24, 2.45) is 0 Å². The van der Waals surface area contributed by atoms with Crippen molar-refractivity contribution in [1.29, 1.82) is 5.26 Å². The van der Waals surface area contributed by atoms with Crippen LogP contribution in [0.25, 0.3) is 33.3 Å². The fraction of sp³-hybridized carbons (Fsp3) is 0.0870. The number of hydrogen-bond acceptors (Lipinski definition) is 4. The molecule has 0 atom stereocenters. The van der Waals surface area contributed by atoms with Crippen molar-refractivity contribution in [2.45, 2.75) is 6.92 Å². The summed E-state index contributed by atoms with van der Waals surface area (Å²) in [5.41, 5.74) is 3.70. The van der Waals surface area contributed by atoms with Crippen LogP contribution in [0.4, 0.5) is 0 Å². The van der Waals surface area contributed by atoms with Crippen LogP contribution in [0.2, 0.25) is 0 Å². The molecule has 2 aromatic heterocycles. The van der Waals surface area contributed by atoms with Crippen molar-refractivity contribution < 1.29 is 4.74 Å². The maximum Gasteiger partial charge on any atom is 0.209 e. The average Bonchev–Trinajstić information content (AvgIpc) is 2.74. The molecule has 0 aliphatic carbocycles. The summed E-state index contributed by atoms with van der Waals surface area (Å²) in [5.74, 6) is 0.821. The number of rotatable bonds is 4. The number of hydrogen-bond donors (Lipinski definition) is 1. The van der Waals surface area contributed by atoms with E-state index < -0.39 is 0 Å². The largest absolute Gasteiger partial charge is 0.493 e. The topological polar surface area (TPSA) is 78.8 Å². The average molecular weight is 367 g/mol. The maximum atomic E-state index is 12.7. The smallest absolute Gasteiger partial charge is 0.209 e. The summed E-state index contributed by atoms with van der Waals surface area (Å²) in [6.45, 7) is 2.54. The molecule has 0 aliphatic rings. The highest BCUT2D eigenvalue weighted by molar-refractivity contribution is 5.84. The Bertz CT molecular complexity index is 1250. The number of para-hydroxylation sites is 1. The van der Waals surface area contributed by atoms with Crippen LogP contribution in [0.1, 0.15) is 12.5 Å². The third-order valence-electron chi connectivity index (χ3n) is 4.59. The van der Waals surface area contributed by atoms with E-state index in [1.165, 1.54) is 6.20 Å². The molecule has 0 fully saturated rings. The Kier molecular flexibility index (Phi) is 4.61. The van der Waals surface area contributed by atoms with Gasteiger partial charge in [0.2, 0.25) is 5.43 Å². The zero-order valence-electron chi connectivity index (χ0n) is 15.3. The first-order chi connectivity index (χ1) is 13.7. The second-order valence-corrected chi connectivity index (χ2v) is 6.24. The Hall–Kier alpha value is -3.91. The quantitative estimate of drug-likeness (QED) is 0.575. The molecular weight excluding hydrogens is 350 g/mol. The van der Waals surface area contributed by atoms with Crippen molar-refractivity contribution >= 4 is 10.9 Å². The molecule has 0 saturated heterocycles. The van der Waals surface area contributed by atoms with E-state index in [0.29, 0.717) is 23.2 Å². The molecule has 5 nitrogen and oxygen atoms in total. The van der Waals surface area contributed by atoms with Crippen LogP contribution in [0.15, 0.2) is 71.8 Å². The number of nitrogens with zero attached hydrogens (tertiary/aromatic N) is 2. The van der Waals surface area contributed by atoms with Gasteiger partial charge in [-0.15, -0.1) is 0 Å². The van der Waals surface area contributed by atoms with E-state index in [0.717, 1.165) is 22.4 Å². The summed E-state index contributed by atoms with van der Waals surface area (Å²) in [4.78, 5) is 19.8. The van der Waals surface area contributed by atoms with Gasteiger partial charge in [0.15, 0.2) is 0 Å². The fourth-order valence-corrected chi connectivity index (χ4v) is 3.26. The summed E-state index contributed by atoms with van der Waals surface area (Å²) < 4.78 is 5.71. The highest BCUT2D eigenvalue weighted by Crippen LogP contribution is 2.31. The van der Waals surface area contributed by atoms with E-state index in [1.54, 1.807) is 12.3 Å². The lowest BCUT2D eigenvalue weighted by Crippen LogP contribution is -2.10. The monoisotopic (exact) mass is 367 g/mol. The van der Waals surface area contributed by atoms with E-state index in [2.05, 4.69) is 9.97 Å². The number of pyridine rings is 2. The third-order valence-corrected chi connectivity index (χ3v) is 4.59. The summed E-state index contributed by atoms with van der Waals surface area (Å²) in [7, 11) is 0. The summed E-state index contributed by atoms with van der Waals surface area (Å²) >= 11 is 0. The first kappa shape index (κ1) is 17.5. The molecule has 28 heavy (non-hydrogen) atoms. The standard InChI is InChI=1S/C23H17N3O2/c1-2-28-21-6-4-3-5-17(21)15-7-9-16(10-8-15)22-18(13-24)23(27)19-14-25-12-11-20(19)26-22/h3-12,14H,2H2,1H3,(H,26,27). The molecule has 4 aromatic rings. The SMILES string of the molecule is CCOc1ccccc1-c1ccc(-c2[nH]c3ccncc3c(=O)c2C#N)cc1. The molecule has 4 rings (SSSR count). The van der Waals surface area contributed by atoms with Crippen molar-refractivity contribution in [2.75, 3.05) is 6.61 Å². The van der Waals surface area contributed by atoms with Gasteiger partial charge in [-0.25, -0.2) is 0 Å². The van der Waals surface area contributed by atoms with E-state index in [-0.39, 0.29) is 11.0 Å². The van der Waals surface area contributed by atoms with Gasteiger partial charge in [0, 0.05) is 18.0 Å². The fourth-order valence-electron chi connectivity index (χ4n) is 3.26. The molecular formula is C23H17N3O2. The lowest BCUT2D eigenvalue weighted by atomic mass is 9.99. The van der Waals surface area contributed by atoms with E-state index in [4.69, 9.17) is 4.74 Å². The van der Waals surface area contributed by atoms with Crippen LogP contribution in [0, 0.1) is 11.3 Å². The van der Waals surface area contributed by atoms with Gasteiger partial charge in [0.1, 0.15) is 17.4 Å². The predicted octanol–water partition coefficient (Wildman–Crippen LogP) is 4.53. The van der Waals surface area contributed by atoms with E-state index >= 15 is 0 Å². The molecule has 0 aliphatic heterocycles. The molecule has 0 spiro atoms. The molecule has 2 heterocycles. The van der Waals surface area contributed by atoms with E-state index in [9.17, 15) is 10.1 Å². The second-order valence-electron chi connectivity index (χ2n) is 6.24. The number of nitriles is 1. The summed E-state index contributed by atoms with van der Waals surface area (Å²) in [5, 5.41) is 9.95. The van der Waals surface area contributed by atoms with Gasteiger partial charge in [0.25, 0.3) is 0 Å². The molecule has 0 saturated carbocycles. The second kappa shape index (κ2) is 7.37. The van der Waals surface area contributed by atoms with Gasteiger partial charge < -0.3 is 9.72 Å². The summed E-state index contributed by atoms with van der Waals surface area (Å²) in [6, 6.07) is 19.3. The van der Waals surface area contributed by atoms with Gasteiger partial charge >= 0.3 is 0 Å². The van der Waals surface area contributed by atoms with Gasteiger partial charge in [-0.3, -0.25) is 9.78 Å². The molecule has 1 N–H and O–H groups in total. The molecule has 136 valence electrons. The highest BCUT2D eigenvalue weighted by Gasteiger charge is 2.14. The van der Waals surface area contributed by atoms with Crippen LogP contribution in [-0.4, -0.2) is 16.6 Å². The molecule has 0 radical (unpaired) electrons. The third kappa shape index (κ3) is 3.01. The number of aromatic amines is 1. The minimum Gasteiger partial charge on any atom is -0.493 e. The molecule has 0 bridgehead atoms. The van der Waals surface area contributed by atoms with Crippen LogP contribution in [0.3, 0.4) is 0 Å². The minimum absolute atomic E-state index is 0.0861. The van der Waals surface area contributed by atoms with Crippen molar-refractivity contribution in [3.05, 3.63) is 82.8 Å². The Morgan fingerprint density at radius 1 is 1.07 bits per heavy atom. The molecule has 0 unspecified atom stereocenters. The lowest BCUT2D eigenvalue weighted by molar-refractivity contribution is 0.341. The Morgan fingerprint density at radius 2 is 1.82 bits per heavy atom. The minimum atomic E-state index is -0.315. The summed E-state index contributed by atoms with van der Waals surface area (Å²) in [6.07, 6.45) is 3.09. The number of fused-ring (bicyclic) bond motifs is 1. The number of benzene rings is 2. The zero-order valence-corrected chi connectivity index (χ0v) is 15.3. The first-order valence-corrected chi connectivity index (χ1v) is 8.95. The Morgan fingerprint density at radius 3 is 2.57 bits per heavy atom. The normalized spacial score (nSPS) is 10.6. The van der Waals surface area contributed by atoms with E-state index in [1.807, 2.05) is 61.5 Å². The van der Waals surface area contributed by atoms with Gasteiger partial charge in [0.05, 0.1) is 23.2 Å². The first-order valence-electron chi connectivity index (χ1n) is 8.95. The Labute approximate surface area is 161 Å². The molecule has 2 aromatic carbocycles. The number of H-pyrrole nitrogens is 1. The molecule has 0 amide bonds. The highest BCUT2D eigenvalue weighted by atomic mass is 16.5. The zero-order chi connectivity index (χ0) is 19.5. The lowest BCUT2D eigenvalue weighted by Gasteiger charge is -2.11. The predicted molar refractivity (Wildman–Crippen MR) is 109 cm³/mol. The van der Waals surface area contributed by atoms with Crippen molar-refractivity contribution in [3.63, 3.8) is 0 Å².